The number of nitrogens with zero attached hydrogens (tertiary/aromatic N) is 1. The van der Waals surface area contributed by atoms with Gasteiger partial charge in [-0.15, -0.1) is 0 Å². The first kappa shape index (κ1) is 16.8. The molecule has 0 bridgehead atoms. The van der Waals surface area contributed by atoms with Crippen molar-refractivity contribution < 1.29 is 14.3 Å². The molecule has 1 N–H and O–H groups in total. The van der Waals surface area contributed by atoms with E-state index in [1.54, 1.807) is 36.4 Å². The number of anilines is 2. The van der Waals surface area contributed by atoms with Gasteiger partial charge in [0.15, 0.2) is 6.61 Å². The highest BCUT2D eigenvalue weighted by Gasteiger charge is 2.10. The normalized spacial score (nSPS) is 10.0. The molecule has 0 aliphatic rings. The summed E-state index contributed by atoms with van der Waals surface area (Å²) in [5.41, 5.74) is 2.01. The molecule has 0 heterocycles. The van der Waals surface area contributed by atoms with Crippen LogP contribution < -0.4 is 10.2 Å². The molecule has 23 heavy (non-hydrogen) atoms. The van der Waals surface area contributed by atoms with Crippen LogP contribution in [-0.4, -0.2) is 32.6 Å². The van der Waals surface area contributed by atoms with Crippen LogP contribution in [0.25, 0.3) is 0 Å². The number of carbonyl (C=O) groups excluding carboxylic acids is 2. The molecule has 0 spiro atoms. The van der Waals surface area contributed by atoms with Crippen LogP contribution in [0.2, 0.25) is 5.02 Å². The lowest BCUT2D eigenvalue weighted by Crippen LogP contribution is -2.21. The van der Waals surface area contributed by atoms with Crippen LogP contribution in [-0.2, 0) is 9.53 Å². The first-order valence-corrected chi connectivity index (χ1v) is 7.33. The summed E-state index contributed by atoms with van der Waals surface area (Å²) in [5.74, 6) is -0.968. The van der Waals surface area contributed by atoms with Crippen molar-refractivity contribution in [3.63, 3.8) is 0 Å². The molecule has 0 atom stereocenters. The Morgan fingerprint density at radius 2 is 1.65 bits per heavy atom. The maximum Gasteiger partial charge on any atom is 0.338 e. The quantitative estimate of drug-likeness (QED) is 0.854. The molecule has 0 aliphatic carbocycles. The van der Waals surface area contributed by atoms with Gasteiger partial charge in [-0.05, 0) is 48.5 Å². The number of halogens is 1. The van der Waals surface area contributed by atoms with Crippen molar-refractivity contribution in [1.82, 2.24) is 0 Å². The lowest BCUT2D eigenvalue weighted by atomic mass is 10.2. The SMILES string of the molecule is CN(C)c1ccc(NC(=O)COC(=O)c2ccc(Cl)cc2)cc1. The van der Waals surface area contributed by atoms with E-state index in [1.165, 1.54) is 0 Å². The van der Waals surface area contributed by atoms with E-state index in [1.807, 2.05) is 31.1 Å². The van der Waals surface area contributed by atoms with Crippen LogP contribution in [0.5, 0.6) is 0 Å². The second kappa shape index (κ2) is 7.65. The fourth-order valence-electron chi connectivity index (χ4n) is 1.84. The second-order valence-electron chi connectivity index (χ2n) is 5.07. The summed E-state index contributed by atoms with van der Waals surface area (Å²) in [7, 11) is 3.87. The molecule has 0 saturated carbocycles. The van der Waals surface area contributed by atoms with E-state index in [9.17, 15) is 9.59 Å². The molecule has 2 aromatic carbocycles. The lowest BCUT2D eigenvalue weighted by molar-refractivity contribution is -0.119. The van der Waals surface area contributed by atoms with Crippen LogP contribution in [0.15, 0.2) is 48.5 Å². The summed E-state index contributed by atoms with van der Waals surface area (Å²) in [6.45, 7) is -0.350. The third kappa shape index (κ3) is 5.00. The summed E-state index contributed by atoms with van der Waals surface area (Å²) in [4.78, 5) is 25.5. The minimum atomic E-state index is -0.570. The van der Waals surface area contributed by atoms with Crippen molar-refractivity contribution in [2.75, 3.05) is 30.9 Å². The lowest BCUT2D eigenvalue weighted by Gasteiger charge is -2.13. The Bertz CT molecular complexity index is 682. The Hall–Kier alpha value is -2.53. The summed E-state index contributed by atoms with van der Waals surface area (Å²) in [6, 6.07) is 13.6. The number of hydrogen-bond acceptors (Lipinski definition) is 4. The van der Waals surface area contributed by atoms with Gasteiger partial charge < -0.3 is 15.0 Å². The molecule has 0 aromatic heterocycles. The number of esters is 1. The first-order valence-electron chi connectivity index (χ1n) is 6.95. The highest BCUT2D eigenvalue weighted by Crippen LogP contribution is 2.15. The maximum atomic E-state index is 11.8. The predicted octanol–water partition coefficient (Wildman–Crippen LogP) is 3.20. The minimum Gasteiger partial charge on any atom is -0.452 e. The molecule has 6 heteroatoms. The van der Waals surface area contributed by atoms with Gasteiger partial charge in [-0.1, -0.05) is 11.6 Å². The Morgan fingerprint density at radius 1 is 1.04 bits per heavy atom. The number of amides is 1. The predicted molar refractivity (Wildman–Crippen MR) is 91.1 cm³/mol. The molecule has 0 fully saturated rings. The van der Waals surface area contributed by atoms with Crippen molar-refractivity contribution in [3.8, 4) is 0 Å². The van der Waals surface area contributed by atoms with Crippen molar-refractivity contribution >= 4 is 34.9 Å². The van der Waals surface area contributed by atoms with Gasteiger partial charge in [0.2, 0.25) is 0 Å². The number of benzene rings is 2. The zero-order valence-electron chi connectivity index (χ0n) is 12.9. The molecule has 2 rings (SSSR count). The highest BCUT2D eigenvalue weighted by molar-refractivity contribution is 6.30. The first-order chi connectivity index (χ1) is 11.0. The highest BCUT2D eigenvalue weighted by atomic mass is 35.5. The van der Waals surface area contributed by atoms with Gasteiger partial charge in [0.05, 0.1) is 5.56 Å². The Labute approximate surface area is 139 Å². The van der Waals surface area contributed by atoms with E-state index in [0.717, 1.165) is 5.69 Å². The minimum absolute atomic E-state index is 0.345. The van der Waals surface area contributed by atoms with E-state index < -0.39 is 11.9 Å². The molecule has 1 amide bonds. The summed E-state index contributed by atoms with van der Waals surface area (Å²) in [6.07, 6.45) is 0. The molecule has 2 aromatic rings. The van der Waals surface area contributed by atoms with Crippen LogP contribution >= 0.6 is 11.6 Å². The summed E-state index contributed by atoms with van der Waals surface area (Å²) < 4.78 is 4.96. The van der Waals surface area contributed by atoms with Crippen LogP contribution in [0.4, 0.5) is 11.4 Å². The van der Waals surface area contributed by atoms with Crippen molar-refractivity contribution in [3.05, 3.63) is 59.1 Å². The summed E-state index contributed by atoms with van der Waals surface area (Å²) in [5, 5.41) is 3.20. The van der Waals surface area contributed by atoms with Gasteiger partial charge in [0.25, 0.3) is 5.91 Å². The van der Waals surface area contributed by atoms with Gasteiger partial charge in [-0.2, -0.15) is 0 Å². The fraction of sp³-hybridized carbons (Fsp3) is 0.176. The van der Waals surface area contributed by atoms with Crippen molar-refractivity contribution in [2.24, 2.45) is 0 Å². The molecular formula is C17H17ClN2O3. The van der Waals surface area contributed by atoms with Crippen molar-refractivity contribution in [2.45, 2.75) is 0 Å². The number of rotatable bonds is 5. The summed E-state index contributed by atoms with van der Waals surface area (Å²) >= 11 is 5.75. The average molecular weight is 333 g/mol. The van der Waals surface area contributed by atoms with Gasteiger partial charge in [0, 0.05) is 30.5 Å². The molecule has 120 valence electrons. The number of hydrogen-bond donors (Lipinski definition) is 1. The van der Waals surface area contributed by atoms with E-state index >= 15 is 0 Å². The van der Waals surface area contributed by atoms with Crippen LogP contribution in [0, 0.1) is 0 Å². The van der Waals surface area contributed by atoms with E-state index in [2.05, 4.69) is 5.32 Å². The standard InChI is InChI=1S/C17H17ClN2O3/c1-20(2)15-9-7-14(8-10-15)19-16(21)11-23-17(22)12-3-5-13(18)6-4-12/h3-10H,11H2,1-2H3,(H,19,21). The Morgan fingerprint density at radius 3 is 2.22 bits per heavy atom. The number of carbonyl (C=O) groups is 2. The number of ether oxygens (including phenoxy) is 1. The second-order valence-corrected chi connectivity index (χ2v) is 5.51. The van der Waals surface area contributed by atoms with Gasteiger partial charge >= 0.3 is 5.97 Å². The van der Waals surface area contributed by atoms with Gasteiger partial charge in [-0.3, -0.25) is 4.79 Å². The van der Waals surface area contributed by atoms with E-state index in [0.29, 0.717) is 16.3 Å². The third-order valence-corrected chi connectivity index (χ3v) is 3.33. The Balaban J connectivity index is 1.85. The average Bonchev–Trinajstić information content (AvgIpc) is 2.54. The Kier molecular flexibility index (Phi) is 5.60. The maximum absolute atomic E-state index is 11.8. The molecule has 0 unspecified atom stereocenters. The van der Waals surface area contributed by atoms with E-state index in [-0.39, 0.29) is 6.61 Å². The molecule has 0 aliphatic heterocycles. The largest absolute Gasteiger partial charge is 0.452 e. The zero-order chi connectivity index (χ0) is 16.8. The van der Waals surface area contributed by atoms with Gasteiger partial charge in [0.1, 0.15) is 0 Å². The smallest absolute Gasteiger partial charge is 0.338 e. The van der Waals surface area contributed by atoms with Crippen LogP contribution in [0.3, 0.4) is 0 Å². The van der Waals surface area contributed by atoms with Crippen molar-refractivity contribution in [1.29, 1.82) is 0 Å². The third-order valence-electron chi connectivity index (χ3n) is 3.08. The fourth-order valence-corrected chi connectivity index (χ4v) is 1.97. The topological polar surface area (TPSA) is 58.6 Å². The monoisotopic (exact) mass is 332 g/mol. The van der Waals surface area contributed by atoms with Crippen LogP contribution in [0.1, 0.15) is 10.4 Å². The molecule has 0 radical (unpaired) electrons. The molecule has 5 nitrogen and oxygen atoms in total. The number of nitrogens with one attached hydrogen (secondary N) is 1. The molecular weight excluding hydrogens is 316 g/mol. The van der Waals surface area contributed by atoms with Gasteiger partial charge in [-0.25, -0.2) is 4.79 Å². The zero-order valence-corrected chi connectivity index (χ0v) is 13.6. The van der Waals surface area contributed by atoms with E-state index in [4.69, 9.17) is 16.3 Å². The molecule has 0 saturated heterocycles.